The van der Waals surface area contributed by atoms with Gasteiger partial charge < -0.3 is 11.1 Å². The lowest BCUT2D eigenvalue weighted by Gasteiger charge is -2.13. The van der Waals surface area contributed by atoms with Crippen molar-refractivity contribution in [2.45, 2.75) is 24.0 Å². The summed E-state index contributed by atoms with van der Waals surface area (Å²) in [6, 6.07) is 6.59. The van der Waals surface area contributed by atoms with Crippen LogP contribution in [0.5, 0.6) is 0 Å². The van der Waals surface area contributed by atoms with Gasteiger partial charge in [0.15, 0.2) is 9.84 Å². The Hall–Kier alpha value is -2.22. The molecule has 0 fully saturated rings. The summed E-state index contributed by atoms with van der Waals surface area (Å²) in [5.41, 5.74) is 5.87. The Bertz CT molecular complexity index is 715. The molecule has 0 unspecified atom stereocenters. The van der Waals surface area contributed by atoms with Gasteiger partial charge in [-0.25, -0.2) is 18.4 Å². The highest BCUT2D eigenvalue weighted by atomic mass is 32.2. The molecule has 0 spiro atoms. The summed E-state index contributed by atoms with van der Waals surface area (Å²) in [7, 11) is -3.40. The maximum Gasteiger partial charge on any atom is 0.232 e. The highest BCUT2D eigenvalue weighted by molar-refractivity contribution is 7.92. The van der Waals surface area contributed by atoms with E-state index in [1.165, 1.54) is 6.33 Å². The Balaban J connectivity index is 2.44. The third kappa shape index (κ3) is 2.85. The molecule has 106 valence electrons. The number of rotatable bonds is 4. The van der Waals surface area contributed by atoms with Gasteiger partial charge in [0.25, 0.3) is 0 Å². The van der Waals surface area contributed by atoms with Crippen molar-refractivity contribution in [2.75, 3.05) is 11.1 Å². The molecule has 1 aromatic carbocycles. The van der Waals surface area contributed by atoms with Gasteiger partial charge in [-0.1, -0.05) is 12.1 Å². The summed E-state index contributed by atoms with van der Waals surface area (Å²) in [6.07, 6.45) is 1.25. The number of aromatic nitrogens is 3. The summed E-state index contributed by atoms with van der Waals surface area (Å²) in [5.74, 6) is 0.260. The molecular weight excluding hydrogens is 278 g/mol. The van der Waals surface area contributed by atoms with Crippen LogP contribution in [-0.4, -0.2) is 28.6 Å². The van der Waals surface area contributed by atoms with Gasteiger partial charge in [-0.05, 0) is 26.0 Å². The van der Waals surface area contributed by atoms with Crippen LogP contribution in [0.15, 0.2) is 35.5 Å². The number of nitrogens with one attached hydrogen (secondary N) is 1. The predicted octanol–water partition coefficient (Wildman–Crippen LogP) is 1.38. The second kappa shape index (κ2) is 5.41. The van der Waals surface area contributed by atoms with Crippen LogP contribution in [0.3, 0.4) is 0 Å². The van der Waals surface area contributed by atoms with Crippen molar-refractivity contribution in [3.05, 3.63) is 30.6 Å². The maximum atomic E-state index is 12.3. The first kappa shape index (κ1) is 14.2. The fourth-order valence-corrected chi connectivity index (χ4v) is 2.76. The van der Waals surface area contributed by atoms with Gasteiger partial charge in [0.2, 0.25) is 11.9 Å². The molecule has 0 aliphatic heterocycles. The Labute approximate surface area is 117 Å². The van der Waals surface area contributed by atoms with Gasteiger partial charge >= 0.3 is 0 Å². The number of sulfone groups is 1. The molecular formula is C12H15N5O2S. The minimum absolute atomic E-state index is 0.0618. The maximum absolute atomic E-state index is 12.3. The van der Waals surface area contributed by atoms with E-state index < -0.39 is 15.1 Å². The molecule has 0 saturated carbocycles. The minimum Gasteiger partial charge on any atom is -0.368 e. The normalized spacial score (nSPS) is 11.6. The highest BCUT2D eigenvalue weighted by Gasteiger charge is 2.22. The van der Waals surface area contributed by atoms with Gasteiger partial charge in [-0.3, -0.25) is 0 Å². The number of hydrogen-bond donors (Lipinski definition) is 2. The number of nitrogens with two attached hydrogens (primary N) is 1. The van der Waals surface area contributed by atoms with E-state index in [1.807, 2.05) is 0 Å². The number of benzene rings is 1. The first-order chi connectivity index (χ1) is 9.41. The predicted molar refractivity (Wildman–Crippen MR) is 76.3 cm³/mol. The summed E-state index contributed by atoms with van der Waals surface area (Å²) >= 11 is 0. The second-order valence-electron chi connectivity index (χ2n) is 4.38. The topological polar surface area (TPSA) is 111 Å². The largest absolute Gasteiger partial charge is 0.368 e. The van der Waals surface area contributed by atoms with Crippen LogP contribution in [-0.2, 0) is 9.84 Å². The average Bonchev–Trinajstić information content (AvgIpc) is 2.39. The van der Waals surface area contributed by atoms with Crippen molar-refractivity contribution in [1.82, 2.24) is 15.0 Å². The first-order valence-corrected chi connectivity index (χ1v) is 7.50. The van der Waals surface area contributed by atoms with E-state index in [0.717, 1.165) is 0 Å². The molecule has 2 aromatic rings. The van der Waals surface area contributed by atoms with Crippen LogP contribution < -0.4 is 11.1 Å². The van der Waals surface area contributed by atoms with Gasteiger partial charge in [0.05, 0.1) is 15.8 Å². The minimum atomic E-state index is -3.40. The molecule has 8 heteroatoms. The molecule has 1 heterocycles. The lowest BCUT2D eigenvalue weighted by atomic mass is 10.3. The Morgan fingerprint density at radius 1 is 1.20 bits per heavy atom. The van der Waals surface area contributed by atoms with E-state index in [4.69, 9.17) is 5.73 Å². The number of nitrogen functional groups attached to an aromatic ring is 1. The molecule has 0 radical (unpaired) electrons. The Morgan fingerprint density at radius 3 is 2.55 bits per heavy atom. The summed E-state index contributed by atoms with van der Waals surface area (Å²) in [4.78, 5) is 11.7. The smallest absolute Gasteiger partial charge is 0.232 e. The van der Waals surface area contributed by atoms with Crippen LogP contribution in [0.1, 0.15) is 13.8 Å². The number of anilines is 3. The number of nitrogens with zero attached hydrogens (tertiary/aromatic N) is 3. The quantitative estimate of drug-likeness (QED) is 0.875. The zero-order chi connectivity index (χ0) is 14.8. The molecule has 7 nitrogen and oxygen atoms in total. The molecule has 0 aliphatic carbocycles. The van der Waals surface area contributed by atoms with Crippen LogP contribution in [0.25, 0.3) is 0 Å². The third-order valence-corrected chi connectivity index (χ3v) is 4.86. The van der Waals surface area contributed by atoms with E-state index in [0.29, 0.717) is 5.69 Å². The number of hydrogen-bond acceptors (Lipinski definition) is 7. The molecule has 0 aliphatic rings. The molecule has 0 saturated heterocycles. The molecule has 0 amide bonds. The van der Waals surface area contributed by atoms with Crippen LogP contribution in [0.2, 0.25) is 0 Å². The average molecular weight is 293 g/mol. The van der Waals surface area contributed by atoms with Crippen molar-refractivity contribution in [3.63, 3.8) is 0 Å². The van der Waals surface area contributed by atoms with Crippen LogP contribution in [0.4, 0.5) is 17.6 Å². The first-order valence-electron chi connectivity index (χ1n) is 5.95. The van der Waals surface area contributed by atoms with E-state index >= 15 is 0 Å². The Kier molecular flexibility index (Phi) is 3.84. The van der Waals surface area contributed by atoms with Gasteiger partial charge in [0.1, 0.15) is 6.33 Å². The van der Waals surface area contributed by atoms with Crippen LogP contribution >= 0.6 is 0 Å². The summed E-state index contributed by atoms with van der Waals surface area (Å²) in [5, 5.41) is 2.33. The molecule has 20 heavy (non-hydrogen) atoms. The molecule has 0 atom stereocenters. The fraction of sp³-hybridized carbons (Fsp3) is 0.250. The van der Waals surface area contributed by atoms with Crippen molar-refractivity contribution in [1.29, 1.82) is 0 Å². The summed E-state index contributed by atoms with van der Waals surface area (Å²) in [6.45, 7) is 3.26. The molecule has 3 N–H and O–H groups in total. The second-order valence-corrected chi connectivity index (χ2v) is 6.85. The van der Waals surface area contributed by atoms with Gasteiger partial charge in [0, 0.05) is 0 Å². The van der Waals surface area contributed by atoms with E-state index in [-0.39, 0.29) is 16.8 Å². The van der Waals surface area contributed by atoms with E-state index in [9.17, 15) is 8.42 Å². The standard InChI is InChI=1S/C12H15N5O2S/c1-8(2)20(18,19)10-6-4-3-5-9(10)16-12-15-7-14-11(13)17-12/h3-8H,1-2H3,(H3,13,14,15,16,17). The molecule has 2 rings (SSSR count). The van der Waals surface area contributed by atoms with Crippen molar-refractivity contribution >= 4 is 27.4 Å². The van der Waals surface area contributed by atoms with Crippen LogP contribution in [0, 0.1) is 0 Å². The van der Waals surface area contributed by atoms with Crippen molar-refractivity contribution < 1.29 is 8.42 Å². The molecule has 1 aromatic heterocycles. The zero-order valence-electron chi connectivity index (χ0n) is 11.1. The SMILES string of the molecule is CC(C)S(=O)(=O)c1ccccc1Nc1ncnc(N)n1. The fourth-order valence-electron chi connectivity index (χ4n) is 1.56. The molecule has 0 bridgehead atoms. The highest BCUT2D eigenvalue weighted by Crippen LogP contribution is 2.26. The van der Waals surface area contributed by atoms with Gasteiger partial charge in [-0.2, -0.15) is 4.98 Å². The lowest BCUT2D eigenvalue weighted by Crippen LogP contribution is -2.16. The third-order valence-electron chi connectivity index (χ3n) is 2.65. The lowest BCUT2D eigenvalue weighted by molar-refractivity contribution is 0.588. The van der Waals surface area contributed by atoms with Crippen molar-refractivity contribution in [2.24, 2.45) is 0 Å². The van der Waals surface area contributed by atoms with Crippen molar-refractivity contribution in [3.8, 4) is 0 Å². The summed E-state index contributed by atoms with van der Waals surface area (Å²) < 4.78 is 24.6. The van der Waals surface area contributed by atoms with E-state index in [2.05, 4.69) is 20.3 Å². The monoisotopic (exact) mass is 293 g/mol. The van der Waals surface area contributed by atoms with Gasteiger partial charge in [-0.15, -0.1) is 0 Å². The van der Waals surface area contributed by atoms with E-state index in [1.54, 1.807) is 38.1 Å². The number of para-hydroxylation sites is 1. The zero-order valence-corrected chi connectivity index (χ0v) is 11.9. The Morgan fingerprint density at radius 2 is 1.90 bits per heavy atom.